The molecule has 0 saturated heterocycles. The molecule has 0 aromatic heterocycles. The molecular formula is C14H9BrClFN2O4. The summed E-state index contributed by atoms with van der Waals surface area (Å²) in [6.45, 7) is 0. The van der Waals surface area contributed by atoms with Crippen LogP contribution in [0.2, 0.25) is 5.02 Å². The fourth-order valence-electron chi connectivity index (χ4n) is 1.90. The fraction of sp³-hybridized carbons (Fsp3) is 0.0714. The van der Waals surface area contributed by atoms with Crippen LogP contribution in [0.5, 0.6) is 5.75 Å². The lowest BCUT2D eigenvalue weighted by atomic mass is 10.1. The summed E-state index contributed by atoms with van der Waals surface area (Å²) in [6, 6.07) is 6.11. The van der Waals surface area contributed by atoms with E-state index in [1.165, 1.54) is 25.3 Å². The van der Waals surface area contributed by atoms with Crippen LogP contribution < -0.4 is 10.1 Å². The van der Waals surface area contributed by atoms with Crippen molar-refractivity contribution in [1.29, 1.82) is 0 Å². The van der Waals surface area contributed by atoms with E-state index in [1.807, 2.05) is 0 Å². The summed E-state index contributed by atoms with van der Waals surface area (Å²) in [5, 5.41) is 13.4. The van der Waals surface area contributed by atoms with Gasteiger partial charge in [0.1, 0.15) is 5.82 Å². The number of hydrogen-bond acceptors (Lipinski definition) is 4. The maximum absolute atomic E-state index is 13.2. The van der Waals surface area contributed by atoms with Gasteiger partial charge in [0.2, 0.25) is 5.75 Å². The first-order valence-electron chi connectivity index (χ1n) is 6.12. The van der Waals surface area contributed by atoms with Crippen molar-refractivity contribution in [2.24, 2.45) is 0 Å². The molecular weight excluding hydrogens is 395 g/mol. The highest BCUT2D eigenvalue weighted by atomic mass is 79.9. The third-order valence-electron chi connectivity index (χ3n) is 2.89. The molecule has 0 fully saturated rings. The number of ether oxygens (including phenoxy) is 1. The first-order valence-corrected chi connectivity index (χ1v) is 7.29. The van der Waals surface area contributed by atoms with Gasteiger partial charge < -0.3 is 10.1 Å². The van der Waals surface area contributed by atoms with Crippen molar-refractivity contribution < 1.29 is 18.8 Å². The molecule has 1 N–H and O–H groups in total. The highest BCUT2D eigenvalue weighted by Gasteiger charge is 2.23. The van der Waals surface area contributed by atoms with Crippen molar-refractivity contribution >= 4 is 44.8 Å². The van der Waals surface area contributed by atoms with E-state index in [1.54, 1.807) is 0 Å². The van der Waals surface area contributed by atoms with E-state index in [-0.39, 0.29) is 32.2 Å². The van der Waals surface area contributed by atoms with Gasteiger partial charge in [0.15, 0.2) is 0 Å². The van der Waals surface area contributed by atoms with E-state index < -0.39 is 16.6 Å². The second-order valence-corrected chi connectivity index (χ2v) is 5.58. The quantitative estimate of drug-likeness (QED) is 0.605. The van der Waals surface area contributed by atoms with Gasteiger partial charge in [-0.05, 0) is 34.1 Å². The molecule has 9 heteroatoms. The largest absolute Gasteiger partial charge is 0.490 e. The molecule has 0 bridgehead atoms. The minimum atomic E-state index is -0.681. The number of nitrogens with zero attached hydrogens (tertiary/aromatic N) is 1. The Labute approximate surface area is 143 Å². The summed E-state index contributed by atoms with van der Waals surface area (Å²) >= 11 is 8.99. The van der Waals surface area contributed by atoms with Gasteiger partial charge in [0.25, 0.3) is 5.91 Å². The Morgan fingerprint density at radius 3 is 2.70 bits per heavy atom. The molecule has 0 spiro atoms. The van der Waals surface area contributed by atoms with Crippen molar-refractivity contribution in [2.45, 2.75) is 0 Å². The predicted octanol–water partition coefficient (Wildman–Crippen LogP) is 4.41. The highest BCUT2D eigenvalue weighted by molar-refractivity contribution is 9.10. The number of hydrogen-bond donors (Lipinski definition) is 1. The van der Waals surface area contributed by atoms with Crippen LogP contribution in [0.4, 0.5) is 15.8 Å². The Kier molecular flexibility index (Phi) is 5.17. The number of methoxy groups -OCH3 is 1. The van der Waals surface area contributed by atoms with Gasteiger partial charge in [0, 0.05) is 10.5 Å². The van der Waals surface area contributed by atoms with Crippen LogP contribution in [0.3, 0.4) is 0 Å². The smallest absolute Gasteiger partial charge is 0.311 e. The fourth-order valence-corrected chi connectivity index (χ4v) is 2.80. The number of benzene rings is 2. The van der Waals surface area contributed by atoms with E-state index in [0.717, 1.165) is 12.1 Å². The van der Waals surface area contributed by atoms with Crippen molar-refractivity contribution in [3.8, 4) is 5.75 Å². The Morgan fingerprint density at radius 1 is 1.43 bits per heavy atom. The number of amides is 1. The molecule has 2 aromatic carbocycles. The van der Waals surface area contributed by atoms with Crippen molar-refractivity contribution in [1.82, 2.24) is 0 Å². The number of carbonyl (C=O) groups is 1. The molecule has 0 heterocycles. The van der Waals surface area contributed by atoms with Gasteiger partial charge in [-0.2, -0.15) is 0 Å². The molecule has 1 amide bonds. The Morgan fingerprint density at radius 2 is 2.13 bits per heavy atom. The van der Waals surface area contributed by atoms with Crippen molar-refractivity contribution in [3.05, 3.63) is 61.3 Å². The molecule has 0 aliphatic carbocycles. The van der Waals surface area contributed by atoms with Crippen LogP contribution in [0, 0.1) is 15.9 Å². The molecule has 0 saturated carbocycles. The molecule has 0 aliphatic rings. The predicted molar refractivity (Wildman–Crippen MR) is 86.7 cm³/mol. The number of anilines is 1. The molecule has 0 unspecified atom stereocenters. The van der Waals surface area contributed by atoms with Crippen LogP contribution in [-0.4, -0.2) is 17.9 Å². The molecule has 2 rings (SSSR count). The van der Waals surface area contributed by atoms with Crippen LogP contribution in [-0.2, 0) is 0 Å². The summed E-state index contributed by atoms with van der Waals surface area (Å²) in [4.78, 5) is 22.7. The maximum atomic E-state index is 13.2. The third-order valence-corrected chi connectivity index (χ3v) is 3.81. The number of nitro benzene ring substituents is 1. The molecule has 0 atom stereocenters. The van der Waals surface area contributed by atoms with E-state index >= 15 is 0 Å². The first-order chi connectivity index (χ1) is 10.8. The summed E-state index contributed by atoms with van der Waals surface area (Å²) < 4.78 is 18.4. The first kappa shape index (κ1) is 17.2. The zero-order valence-electron chi connectivity index (χ0n) is 11.6. The number of para-hydroxylation sites is 1. The maximum Gasteiger partial charge on any atom is 0.311 e. The topological polar surface area (TPSA) is 81.5 Å². The van der Waals surface area contributed by atoms with Gasteiger partial charge in [0.05, 0.1) is 28.3 Å². The molecule has 0 aliphatic heterocycles. The van der Waals surface area contributed by atoms with Crippen LogP contribution in [0.25, 0.3) is 0 Å². The lowest BCUT2D eigenvalue weighted by Gasteiger charge is -2.12. The number of nitro groups is 1. The van der Waals surface area contributed by atoms with Gasteiger partial charge in [-0.1, -0.05) is 17.7 Å². The van der Waals surface area contributed by atoms with Crippen LogP contribution in [0.1, 0.15) is 10.4 Å². The van der Waals surface area contributed by atoms with E-state index in [0.29, 0.717) is 0 Å². The molecule has 0 radical (unpaired) electrons. The summed E-state index contributed by atoms with van der Waals surface area (Å²) in [5.41, 5.74) is -0.245. The summed E-state index contributed by atoms with van der Waals surface area (Å²) in [5.74, 6) is -1.43. The zero-order valence-corrected chi connectivity index (χ0v) is 13.9. The Hall–Kier alpha value is -2.19. The minimum absolute atomic E-state index is 0.0189. The SMILES string of the molecule is COc1c(C(=O)Nc2c(Cl)cc(F)cc2Br)cccc1[N+](=O)[O-]. The van der Waals surface area contributed by atoms with Gasteiger partial charge >= 0.3 is 5.69 Å². The average Bonchev–Trinajstić information content (AvgIpc) is 2.49. The van der Waals surface area contributed by atoms with Gasteiger partial charge in [-0.15, -0.1) is 0 Å². The molecule has 6 nitrogen and oxygen atoms in total. The molecule has 2 aromatic rings. The van der Waals surface area contributed by atoms with Crippen molar-refractivity contribution in [3.63, 3.8) is 0 Å². The lowest BCUT2D eigenvalue weighted by Crippen LogP contribution is -2.14. The summed E-state index contributed by atoms with van der Waals surface area (Å²) in [7, 11) is 1.22. The lowest BCUT2D eigenvalue weighted by molar-refractivity contribution is -0.385. The minimum Gasteiger partial charge on any atom is -0.490 e. The van der Waals surface area contributed by atoms with E-state index in [9.17, 15) is 19.3 Å². The molecule has 23 heavy (non-hydrogen) atoms. The van der Waals surface area contributed by atoms with Crippen LogP contribution in [0.15, 0.2) is 34.8 Å². The van der Waals surface area contributed by atoms with Gasteiger partial charge in [-0.3, -0.25) is 14.9 Å². The number of rotatable bonds is 4. The Bertz CT molecular complexity index is 777. The van der Waals surface area contributed by atoms with E-state index in [4.69, 9.17) is 16.3 Å². The average molecular weight is 404 g/mol. The number of nitrogens with one attached hydrogen (secondary N) is 1. The van der Waals surface area contributed by atoms with Gasteiger partial charge in [-0.25, -0.2) is 4.39 Å². The van der Waals surface area contributed by atoms with E-state index in [2.05, 4.69) is 21.2 Å². The third kappa shape index (κ3) is 3.59. The Balaban J connectivity index is 2.43. The summed E-state index contributed by atoms with van der Waals surface area (Å²) in [6.07, 6.45) is 0. The standard InChI is InChI=1S/C14H9BrClFN2O4/c1-23-13-8(3-2-4-11(13)19(21)22)14(20)18-12-9(15)5-7(17)6-10(12)16/h2-6H,1H3,(H,18,20). The van der Waals surface area contributed by atoms with Crippen molar-refractivity contribution in [2.75, 3.05) is 12.4 Å². The molecule has 120 valence electrons. The number of carbonyl (C=O) groups excluding carboxylic acids is 1. The second-order valence-electron chi connectivity index (χ2n) is 4.31. The monoisotopic (exact) mass is 402 g/mol. The zero-order chi connectivity index (χ0) is 17.1. The normalized spacial score (nSPS) is 10.3. The number of halogens is 3. The van der Waals surface area contributed by atoms with Crippen LogP contribution >= 0.6 is 27.5 Å². The second kappa shape index (κ2) is 6.93. The highest BCUT2D eigenvalue weighted by Crippen LogP contribution is 2.34.